The Hall–Kier alpha value is -2.45. The van der Waals surface area contributed by atoms with E-state index in [4.69, 9.17) is 18.9 Å². The van der Waals surface area contributed by atoms with Crippen molar-refractivity contribution in [3.63, 3.8) is 0 Å². The third-order valence-electron chi connectivity index (χ3n) is 8.00. The molecule has 7 atom stereocenters. The van der Waals surface area contributed by atoms with Crippen LogP contribution in [0.25, 0.3) is 0 Å². The summed E-state index contributed by atoms with van der Waals surface area (Å²) in [5.41, 5.74) is 0.860. The van der Waals surface area contributed by atoms with Gasteiger partial charge in [-0.15, -0.1) is 0 Å². The lowest BCUT2D eigenvalue weighted by Gasteiger charge is -2.60. The first kappa shape index (κ1) is 26.2. The standard InChI is InChI=1S/C26H36O8/c1-9-14(4)23(29)32-18-11-10-17-22(33-19(27)12-13(2)3)26(31-8)20(15(5)24(30)34-26)21(28)25(17,7)16(18)6/h9,12,16-18,21-22,28H,10-11H2,1-8H3/t16-,17+,18-,21-,22-,25+,26+/m0/s1. The smallest absolute Gasteiger partial charge is 0.336 e. The number of carbonyl (C=O) groups excluding carboxylic acids is 3. The molecule has 2 aliphatic carbocycles. The monoisotopic (exact) mass is 476 g/mol. The highest BCUT2D eigenvalue weighted by atomic mass is 16.7. The van der Waals surface area contributed by atoms with Gasteiger partial charge < -0.3 is 24.1 Å². The molecule has 0 bridgehead atoms. The molecule has 0 aromatic carbocycles. The molecule has 0 saturated heterocycles. The van der Waals surface area contributed by atoms with Crippen LogP contribution in [-0.4, -0.2) is 54.2 Å². The van der Waals surface area contributed by atoms with E-state index in [1.165, 1.54) is 13.2 Å². The average Bonchev–Trinajstić information content (AvgIpc) is 3.04. The van der Waals surface area contributed by atoms with Crippen molar-refractivity contribution in [1.29, 1.82) is 0 Å². The number of methoxy groups -OCH3 is 1. The predicted octanol–water partition coefficient (Wildman–Crippen LogP) is 3.39. The zero-order chi connectivity index (χ0) is 25.6. The van der Waals surface area contributed by atoms with Crippen LogP contribution in [0.4, 0.5) is 0 Å². The Labute approximate surface area is 201 Å². The van der Waals surface area contributed by atoms with Crippen LogP contribution in [0.1, 0.15) is 61.3 Å². The molecule has 3 aliphatic rings. The Kier molecular flexibility index (Phi) is 7.16. The molecule has 2 fully saturated rings. The number of rotatable bonds is 5. The van der Waals surface area contributed by atoms with Gasteiger partial charge in [0.1, 0.15) is 6.10 Å². The molecule has 0 amide bonds. The predicted molar refractivity (Wildman–Crippen MR) is 123 cm³/mol. The SMILES string of the molecule is CC=C(C)C(=O)O[C@H]1CC[C@@H]2[C@H](OC(=O)C=C(C)C)[C@]3(OC)OC(=O)C(C)=C3[C@H](O)[C@]2(C)[C@H]1C. The van der Waals surface area contributed by atoms with Crippen LogP contribution in [0.2, 0.25) is 0 Å². The van der Waals surface area contributed by atoms with Gasteiger partial charge in [0.05, 0.1) is 6.10 Å². The second kappa shape index (κ2) is 9.30. The molecule has 0 spiro atoms. The van der Waals surface area contributed by atoms with Gasteiger partial charge in [0.25, 0.3) is 5.79 Å². The van der Waals surface area contributed by atoms with E-state index in [2.05, 4.69) is 0 Å². The van der Waals surface area contributed by atoms with Crippen molar-refractivity contribution < 1.29 is 38.4 Å². The van der Waals surface area contributed by atoms with Crippen LogP contribution >= 0.6 is 0 Å². The van der Waals surface area contributed by atoms with Crippen LogP contribution in [0.15, 0.2) is 34.4 Å². The first-order chi connectivity index (χ1) is 15.8. The van der Waals surface area contributed by atoms with Crippen molar-refractivity contribution in [3.8, 4) is 0 Å². The van der Waals surface area contributed by atoms with Crippen molar-refractivity contribution in [2.24, 2.45) is 17.3 Å². The summed E-state index contributed by atoms with van der Waals surface area (Å²) in [4.78, 5) is 37.9. The molecule has 8 heteroatoms. The fraction of sp³-hybridized carbons (Fsp3) is 0.654. The molecular formula is C26H36O8. The van der Waals surface area contributed by atoms with Crippen LogP contribution in [0, 0.1) is 17.3 Å². The van der Waals surface area contributed by atoms with Crippen molar-refractivity contribution in [2.75, 3.05) is 7.11 Å². The van der Waals surface area contributed by atoms with E-state index in [1.54, 1.807) is 40.7 Å². The van der Waals surface area contributed by atoms with Crippen molar-refractivity contribution in [1.82, 2.24) is 0 Å². The molecule has 1 aliphatic heterocycles. The first-order valence-electron chi connectivity index (χ1n) is 11.7. The fourth-order valence-electron chi connectivity index (χ4n) is 5.73. The van der Waals surface area contributed by atoms with Gasteiger partial charge in [-0.25, -0.2) is 14.4 Å². The van der Waals surface area contributed by atoms with E-state index in [0.717, 1.165) is 5.57 Å². The number of hydrogen-bond donors (Lipinski definition) is 1. The van der Waals surface area contributed by atoms with Gasteiger partial charge in [-0.05, 0) is 47.5 Å². The van der Waals surface area contributed by atoms with Crippen LogP contribution in [-0.2, 0) is 33.3 Å². The lowest BCUT2D eigenvalue weighted by atomic mass is 9.50. The summed E-state index contributed by atoms with van der Waals surface area (Å²) < 4.78 is 23.2. The fourth-order valence-corrected chi connectivity index (χ4v) is 5.73. The van der Waals surface area contributed by atoms with Crippen LogP contribution in [0.5, 0.6) is 0 Å². The van der Waals surface area contributed by atoms with E-state index in [-0.39, 0.29) is 17.1 Å². The number of carbonyl (C=O) groups is 3. The molecule has 3 rings (SSSR count). The maximum Gasteiger partial charge on any atom is 0.336 e. The van der Waals surface area contributed by atoms with E-state index < -0.39 is 53.3 Å². The maximum absolute atomic E-state index is 12.7. The van der Waals surface area contributed by atoms with Crippen molar-refractivity contribution >= 4 is 17.9 Å². The summed E-state index contributed by atoms with van der Waals surface area (Å²) in [6.45, 7) is 12.4. The third kappa shape index (κ3) is 3.90. The number of fused-ring (bicyclic) bond motifs is 2. The molecule has 0 aromatic rings. The first-order valence-corrected chi connectivity index (χ1v) is 11.7. The number of aliphatic hydroxyl groups excluding tert-OH is 1. The number of aliphatic hydroxyl groups is 1. The maximum atomic E-state index is 12.7. The van der Waals surface area contributed by atoms with Gasteiger partial charge in [-0.1, -0.05) is 25.5 Å². The van der Waals surface area contributed by atoms with E-state index in [9.17, 15) is 19.5 Å². The summed E-state index contributed by atoms with van der Waals surface area (Å²) in [5.74, 6) is -4.05. The zero-order valence-electron chi connectivity index (χ0n) is 21.3. The van der Waals surface area contributed by atoms with Gasteiger partial charge in [-0.2, -0.15) is 0 Å². The summed E-state index contributed by atoms with van der Waals surface area (Å²) in [5, 5.41) is 11.7. The average molecular weight is 477 g/mol. The largest absolute Gasteiger partial charge is 0.459 e. The highest BCUT2D eigenvalue weighted by Gasteiger charge is 2.71. The second-order valence-corrected chi connectivity index (χ2v) is 10.0. The van der Waals surface area contributed by atoms with Gasteiger partial charge in [0, 0.05) is 47.2 Å². The van der Waals surface area contributed by atoms with Crippen molar-refractivity contribution in [2.45, 2.75) is 85.4 Å². The van der Waals surface area contributed by atoms with E-state index in [0.29, 0.717) is 18.4 Å². The zero-order valence-corrected chi connectivity index (χ0v) is 21.3. The van der Waals surface area contributed by atoms with E-state index >= 15 is 0 Å². The molecule has 0 unspecified atom stereocenters. The molecule has 0 radical (unpaired) electrons. The van der Waals surface area contributed by atoms with Gasteiger partial charge in [0.15, 0.2) is 6.10 Å². The van der Waals surface area contributed by atoms with Gasteiger partial charge in [-0.3, -0.25) is 0 Å². The van der Waals surface area contributed by atoms with Crippen molar-refractivity contribution in [3.05, 3.63) is 34.4 Å². The lowest BCUT2D eigenvalue weighted by Crippen LogP contribution is -2.69. The Morgan fingerprint density at radius 3 is 2.38 bits per heavy atom. The highest BCUT2D eigenvalue weighted by molar-refractivity contribution is 5.93. The Morgan fingerprint density at radius 1 is 1.18 bits per heavy atom. The summed E-state index contributed by atoms with van der Waals surface area (Å²) >= 11 is 0. The lowest BCUT2D eigenvalue weighted by molar-refractivity contribution is -0.292. The van der Waals surface area contributed by atoms with E-state index in [1.807, 2.05) is 13.8 Å². The minimum Gasteiger partial charge on any atom is -0.459 e. The molecule has 0 aromatic heterocycles. The second-order valence-electron chi connectivity index (χ2n) is 10.0. The summed E-state index contributed by atoms with van der Waals surface area (Å²) in [6, 6.07) is 0. The molecule has 34 heavy (non-hydrogen) atoms. The molecule has 188 valence electrons. The Balaban J connectivity index is 2.10. The molecule has 8 nitrogen and oxygen atoms in total. The number of allylic oxidation sites excluding steroid dienone is 2. The normalized spacial score (nSPS) is 37.4. The molecular weight excluding hydrogens is 440 g/mol. The Bertz CT molecular complexity index is 971. The minimum atomic E-state index is -1.71. The summed E-state index contributed by atoms with van der Waals surface area (Å²) in [7, 11) is 1.37. The van der Waals surface area contributed by atoms with Crippen LogP contribution in [0.3, 0.4) is 0 Å². The third-order valence-corrected chi connectivity index (χ3v) is 8.00. The van der Waals surface area contributed by atoms with Crippen LogP contribution < -0.4 is 0 Å². The molecule has 2 saturated carbocycles. The van der Waals surface area contributed by atoms with Gasteiger partial charge >= 0.3 is 17.9 Å². The van der Waals surface area contributed by atoms with Gasteiger partial charge in [0.2, 0.25) is 0 Å². The number of ether oxygens (including phenoxy) is 4. The highest BCUT2D eigenvalue weighted by Crippen LogP contribution is 2.61. The molecule has 1 heterocycles. The Morgan fingerprint density at radius 2 is 1.82 bits per heavy atom. The summed E-state index contributed by atoms with van der Waals surface area (Å²) in [6.07, 6.45) is 1.45. The quantitative estimate of drug-likeness (QED) is 0.365. The molecule has 1 N–H and O–H groups in total. The number of esters is 3. The number of hydrogen-bond acceptors (Lipinski definition) is 8. The topological polar surface area (TPSA) is 108 Å². The minimum absolute atomic E-state index is 0.230.